The summed E-state index contributed by atoms with van der Waals surface area (Å²) in [6.07, 6.45) is 3.68. The van der Waals surface area contributed by atoms with Gasteiger partial charge in [0.15, 0.2) is 4.67 Å². The van der Waals surface area contributed by atoms with Crippen molar-refractivity contribution in [1.82, 2.24) is 5.32 Å². The highest BCUT2D eigenvalue weighted by molar-refractivity contribution is 9.10. The van der Waals surface area contributed by atoms with Crippen LogP contribution in [0.15, 0.2) is 45.5 Å². The lowest BCUT2D eigenvalue weighted by Gasteiger charge is -2.26. The van der Waals surface area contributed by atoms with E-state index < -0.39 is 0 Å². The number of aryl methyl sites for hydroxylation is 1. The van der Waals surface area contributed by atoms with Gasteiger partial charge in [0.1, 0.15) is 5.76 Å². The first-order chi connectivity index (χ1) is 8.83. The summed E-state index contributed by atoms with van der Waals surface area (Å²) in [7, 11) is 0. The van der Waals surface area contributed by atoms with Crippen molar-refractivity contribution < 1.29 is 4.42 Å². The van der Waals surface area contributed by atoms with E-state index in [-0.39, 0.29) is 0 Å². The van der Waals surface area contributed by atoms with Crippen molar-refractivity contribution >= 4 is 15.9 Å². The molecule has 0 radical (unpaired) electrons. The van der Waals surface area contributed by atoms with Gasteiger partial charge in [-0.1, -0.05) is 24.3 Å². The van der Waals surface area contributed by atoms with Crippen molar-refractivity contribution in [2.24, 2.45) is 0 Å². The minimum absolute atomic E-state index is 0.457. The fraction of sp³-hybridized carbons (Fsp3) is 0.333. The van der Waals surface area contributed by atoms with E-state index in [1.165, 1.54) is 30.4 Å². The molecule has 0 fully saturated rings. The summed E-state index contributed by atoms with van der Waals surface area (Å²) in [5, 5.41) is 3.59. The number of benzene rings is 1. The van der Waals surface area contributed by atoms with Crippen molar-refractivity contribution in [3.05, 3.63) is 58.0 Å². The van der Waals surface area contributed by atoms with E-state index in [1.54, 1.807) is 0 Å². The summed E-state index contributed by atoms with van der Waals surface area (Å²) in [6, 6.07) is 13.1. The third kappa shape index (κ3) is 2.52. The first-order valence-corrected chi connectivity index (χ1v) is 7.17. The lowest BCUT2D eigenvalue weighted by molar-refractivity contribution is 0.410. The Bertz CT molecular complexity index is 535. The van der Waals surface area contributed by atoms with Gasteiger partial charge in [-0.15, -0.1) is 0 Å². The van der Waals surface area contributed by atoms with Crippen LogP contribution >= 0.6 is 15.9 Å². The molecule has 2 aromatic rings. The first kappa shape index (κ1) is 12.0. The summed E-state index contributed by atoms with van der Waals surface area (Å²) >= 11 is 3.33. The second kappa shape index (κ2) is 5.29. The van der Waals surface area contributed by atoms with Gasteiger partial charge in [-0.2, -0.15) is 0 Å². The molecule has 1 heterocycles. The standard InChI is InChI=1S/C15H16BrNO/c16-15-9-8-12(18-15)10-17-14-7-3-5-11-4-1-2-6-13(11)14/h1-2,4,6,8-9,14,17H,3,5,7,10H2. The number of rotatable bonds is 3. The van der Waals surface area contributed by atoms with Crippen LogP contribution in [0.2, 0.25) is 0 Å². The normalized spacial score (nSPS) is 18.6. The van der Waals surface area contributed by atoms with Crippen LogP contribution in [-0.4, -0.2) is 0 Å². The number of hydrogen-bond donors (Lipinski definition) is 1. The molecule has 0 spiro atoms. The molecule has 0 amide bonds. The maximum absolute atomic E-state index is 5.52. The predicted octanol–water partition coefficient (Wildman–Crippen LogP) is 4.21. The molecule has 0 aliphatic heterocycles. The van der Waals surface area contributed by atoms with E-state index in [0.29, 0.717) is 6.04 Å². The van der Waals surface area contributed by atoms with Crippen LogP contribution < -0.4 is 5.32 Å². The van der Waals surface area contributed by atoms with Crippen LogP contribution in [0.3, 0.4) is 0 Å². The molecule has 1 aliphatic carbocycles. The molecule has 1 atom stereocenters. The Labute approximate surface area is 116 Å². The molecule has 3 rings (SSSR count). The van der Waals surface area contributed by atoms with Crippen LogP contribution in [0.4, 0.5) is 0 Å². The second-order valence-corrected chi connectivity index (χ2v) is 5.51. The number of halogens is 1. The van der Waals surface area contributed by atoms with Gasteiger partial charge in [0.05, 0.1) is 6.54 Å². The summed E-state index contributed by atoms with van der Waals surface area (Å²) < 4.78 is 6.31. The fourth-order valence-electron chi connectivity index (χ4n) is 2.64. The highest BCUT2D eigenvalue weighted by atomic mass is 79.9. The SMILES string of the molecule is Brc1ccc(CNC2CCCc3ccccc32)o1. The third-order valence-electron chi connectivity index (χ3n) is 3.52. The van der Waals surface area contributed by atoms with E-state index in [9.17, 15) is 0 Å². The molecule has 1 unspecified atom stereocenters. The topological polar surface area (TPSA) is 25.2 Å². The molecule has 0 bridgehead atoms. The molecular formula is C15H16BrNO. The number of nitrogens with one attached hydrogen (secondary N) is 1. The highest BCUT2D eigenvalue weighted by Crippen LogP contribution is 2.29. The average Bonchev–Trinajstić information content (AvgIpc) is 2.82. The molecule has 3 heteroatoms. The number of hydrogen-bond acceptors (Lipinski definition) is 2. The van der Waals surface area contributed by atoms with Crippen molar-refractivity contribution in [3.63, 3.8) is 0 Å². The molecule has 0 saturated carbocycles. The van der Waals surface area contributed by atoms with Crippen LogP contribution in [0.5, 0.6) is 0 Å². The molecular weight excluding hydrogens is 290 g/mol. The fourth-order valence-corrected chi connectivity index (χ4v) is 2.98. The van der Waals surface area contributed by atoms with Gasteiger partial charge in [0.25, 0.3) is 0 Å². The van der Waals surface area contributed by atoms with E-state index in [0.717, 1.165) is 17.0 Å². The maximum Gasteiger partial charge on any atom is 0.169 e. The number of furan rings is 1. The Hall–Kier alpha value is -1.06. The van der Waals surface area contributed by atoms with Gasteiger partial charge in [-0.05, 0) is 58.5 Å². The predicted molar refractivity (Wildman–Crippen MR) is 75.4 cm³/mol. The Kier molecular flexibility index (Phi) is 3.52. The van der Waals surface area contributed by atoms with Gasteiger partial charge >= 0.3 is 0 Å². The monoisotopic (exact) mass is 305 g/mol. The van der Waals surface area contributed by atoms with Gasteiger partial charge < -0.3 is 9.73 Å². The summed E-state index contributed by atoms with van der Waals surface area (Å²) in [4.78, 5) is 0. The van der Waals surface area contributed by atoms with Crippen LogP contribution in [0.1, 0.15) is 35.8 Å². The largest absolute Gasteiger partial charge is 0.453 e. The molecule has 18 heavy (non-hydrogen) atoms. The van der Waals surface area contributed by atoms with Gasteiger partial charge in [-0.3, -0.25) is 0 Å². The molecule has 0 saturated heterocycles. The maximum atomic E-state index is 5.52. The molecule has 1 aromatic heterocycles. The molecule has 2 nitrogen and oxygen atoms in total. The van der Waals surface area contributed by atoms with Crippen molar-refractivity contribution in [3.8, 4) is 0 Å². The van der Waals surface area contributed by atoms with Crippen LogP contribution in [-0.2, 0) is 13.0 Å². The minimum atomic E-state index is 0.457. The second-order valence-electron chi connectivity index (χ2n) is 4.73. The van der Waals surface area contributed by atoms with E-state index in [1.807, 2.05) is 12.1 Å². The Balaban J connectivity index is 1.71. The Morgan fingerprint density at radius 2 is 2.11 bits per heavy atom. The summed E-state index contributed by atoms with van der Waals surface area (Å²) in [6.45, 7) is 0.782. The van der Waals surface area contributed by atoms with Gasteiger partial charge in [-0.25, -0.2) is 0 Å². The van der Waals surface area contributed by atoms with Crippen molar-refractivity contribution in [2.45, 2.75) is 31.8 Å². The van der Waals surface area contributed by atoms with E-state index in [2.05, 4.69) is 45.5 Å². The number of fused-ring (bicyclic) bond motifs is 1. The lowest BCUT2D eigenvalue weighted by atomic mass is 9.88. The van der Waals surface area contributed by atoms with Crippen molar-refractivity contribution in [2.75, 3.05) is 0 Å². The highest BCUT2D eigenvalue weighted by Gasteiger charge is 2.19. The Morgan fingerprint density at radius 1 is 1.22 bits per heavy atom. The summed E-state index contributed by atoms with van der Waals surface area (Å²) in [5.41, 5.74) is 2.94. The zero-order valence-corrected chi connectivity index (χ0v) is 11.7. The van der Waals surface area contributed by atoms with E-state index >= 15 is 0 Å². The van der Waals surface area contributed by atoms with Gasteiger partial charge in [0.2, 0.25) is 0 Å². The van der Waals surface area contributed by atoms with Crippen LogP contribution in [0.25, 0.3) is 0 Å². The lowest BCUT2D eigenvalue weighted by Crippen LogP contribution is -2.24. The van der Waals surface area contributed by atoms with Crippen LogP contribution in [0, 0.1) is 0 Å². The molecule has 94 valence electrons. The van der Waals surface area contributed by atoms with E-state index in [4.69, 9.17) is 4.42 Å². The first-order valence-electron chi connectivity index (χ1n) is 6.38. The zero-order chi connectivity index (χ0) is 12.4. The molecule has 1 aliphatic rings. The average molecular weight is 306 g/mol. The van der Waals surface area contributed by atoms with Crippen molar-refractivity contribution in [1.29, 1.82) is 0 Å². The van der Waals surface area contributed by atoms with Gasteiger partial charge in [0, 0.05) is 6.04 Å². The minimum Gasteiger partial charge on any atom is -0.453 e. The Morgan fingerprint density at radius 3 is 2.94 bits per heavy atom. The molecule has 1 N–H and O–H groups in total. The summed E-state index contributed by atoms with van der Waals surface area (Å²) in [5.74, 6) is 0.977. The zero-order valence-electron chi connectivity index (χ0n) is 10.2. The smallest absolute Gasteiger partial charge is 0.169 e. The molecule has 1 aromatic carbocycles. The third-order valence-corrected chi connectivity index (χ3v) is 3.95. The quantitative estimate of drug-likeness (QED) is 0.919.